The minimum absolute atomic E-state index is 0.0444. The van der Waals surface area contributed by atoms with Crippen molar-refractivity contribution < 1.29 is 14.1 Å². The van der Waals surface area contributed by atoms with Crippen molar-refractivity contribution in [3.8, 4) is 0 Å². The molecule has 0 unspecified atom stereocenters. The normalized spacial score (nSPS) is 12.1. The van der Waals surface area contributed by atoms with Crippen molar-refractivity contribution in [3.05, 3.63) is 75.5 Å². The number of nitro benzene ring substituents is 1. The molecule has 122 valence electrons. The van der Waals surface area contributed by atoms with E-state index in [1.165, 1.54) is 6.07 Å². The maximum absolute atomic E-state index is 12.5. The summed E-state index contributed by atoms with van der Waals surface area (Å²) < 4.78 is 5.72. The second-order valence-electron chi connectivity index (χ2n) is 5.61. The highest BCUT2D eigenvalue weighted by Gasteiger charge is 2.24. The second kappa shape index (κ2) is 6.16. The number of benzene rings is 2. The topological polar surface area (TPSA) is 85.4 Å². The average molecular weight is 324 g/mol. The highest BCUT2D eigenvalue weighted by atomic mass is 16.6. The van der Waals surface area contributed by atoms with E-state index in [1.54, 1.807) is 26.0 Å². The number of furan rings is 1. The van der Waals surface area contributed by atoms with E-state index in [0.717, 1.165) is 11.0 Å². The second-order valence-corrected chi connectivity index (χ2v) is 5.61. The van der Waals surface area contributed by atoms with Crippen LogP contribution < -0.4 is 5.32 Å². The van der Waals surface area contributed by atoms with Crippen LogP contribution in [0, 0.1) is 17.0 Å². The Bertz CT molecular complexity index is 897. The van der Waals surface area contributed by atoms with Gasteiger partial charge in [-0.3, -0.25) is 14.9 Å². The third-order valence-electron chi connectivity index (χ3n) is 3.88. The molecule has 2 aromatic carbocycles. The molecular formula is C18H16N2O4. The molecule has 0 spiro atoms. The molecule has 0 saturated heterocycles. The van der Waals surface area contributed by atoms with Gasteiger partial charge < -0.3 is 9.73 Å². The minimum atomic E-state index is -0.532. The standard InChI is InChI=1S/C18H16N2O4/c1-11-6-5-8-14(17(11)20(22)23)18(21)19-12(2)16-10-13-7-3-4-9-15(13)24-16/h3-10,12H,1-2H3,(H,19,21)/t12-/m0/s1. The highest BCUT2D eigenvalue weighted by molar-refractivity contribution is 5.98. The zero-order chi connectivity index (χ0) is 17.3. The van der Waals surface area contributed by atoms with Crippen LogP contribution in [-0.2, 0) is 0 Å². The molecule has 0 bridgehead atoms. The van der Waals surface area contributed by atoms with E-state index in [-0.39, 0.29) is 11.3 Å². The summed E-state index contributed by atoms with van der Waals surface area (Å²) >= 11 is 0. The van der Waals surface area contributed by atoms with Gasteiger partial charge in [0.1, 0.15) is 16.9 Å². The number of hydrogen-bond acceptors (Lipinski definition) is 4. The molecule has 1 atom stereocenters. The fourth-order valence-electron chi connectivity index (χ4n) is 2.65. The maximum atomic E-state index is 12.5. The number of carbonyl (C=O) groups excluding carboxylic acids is 1. The Hall–Kier alpha value is -3.15. The fraction of sp³-hybridized carbons (Fsp3) is 0.167. The Morgan fingerprint density at radius 3 is 2.67 bits per heavy atom. The van der Waals surface area contributed by atoms with E-state index in [9.17, 15) is 14.9 Å². The third kappa shape index (κ3) is 2.86. The van der Waals surface area contributed by atoms with Crippen LogP contribution in [0.3, 0.4) is 0 Å². The van der Waals surface area contributed by atoms with E-state index in [2.05, 4.69) is 5.32 Å². The lowest BCUT2D eigenvalue weighted by molar-refractivity contribution is -0.385. The Morgan fingerprint density at radius 2 is 1.96 bits per heavy atom. The first-order valence-corrected chi connectivity index (χ1v) is 7.50. The summed E-state index contributed by atoms with van der Waals surface area (Å²) in [7, 11) is 0. The molecule has 0 fully saturated rings. The van der Waals surface area contributed by atoms with Crippen molar-refractivity contribution in [2.75, 3.05) is 0 Å². The number of para-hydroxylation sites is 2. The maximum Gasteiger partial charge on any atom is 0.285 e. The van der Waals surface area contributed by atoms with E-state index in [4.69, 9.17) is 4.42 Å². The smallest absolute Gasteiger partial charge is 0.285 e. The van der Waals surface area contributed by atoms with Gasteiger partial charge in [0.2, 0.25) is 0 Å². The molecule has 1 N–H and O–H groups in total. The van der Waals surface area contributed by atoms with Gasteiger partial charge >= 0.3 is 0 Å². The summed E-state index contributed by atoms with van der Waals surface area (Å²) in [5, 5.41) is 14.9. The lowest BCUT2D eigenvalue weighted by Crippen LogP contribution is -2.27. The van der Waals surface area contributed by atoms with Crippen LogP contribution in [0.1, 0.15) is 34.6 Å². The zero-order valence-corrected chi connectivity index (χ0v) is 13.3. The Labute approximate surface area is 138 Å². The quantitative estimate of drug-likeness (QED) is 0.577. The highest BCUT2D eigenvalue weighted by Crippen LogP contribution is 2.26. The van der Waals surface area contributed by atoms with Crippen LogP contribution in [-0.4, -0.2) is 10.8 Å². The van der Waals surface area contributed by atoms with Crippen molar-refractivity contribution in [2.45, 2.75) is 19.9 Å². The van der Waals surface area contributed by atoms with E-state index < -0.39 is 16.9 Å². The van der Waals surface area contributed by atoms with Crippen molar-refractivity contribution in [2.24, 2.45) is 0 Å². The summed E-state index contributed by atoms with van der Waals surface area (Å²) in [4.78, 5) is 23.2. The molecule has 0 radical (unpaired) electrons. The Morgan fingerprint density at radius 1 is 1.21 bits per heavy atom. The summed E-state index contributed by atoms with van der Waals surface area (Å²) in [5.41, 5.74) is 1.05. The first kappa shape index (κ1) is 15.7. The molecule has 6 heteroatoms. The van der Waals surface area contributed by atoms with Crippen molar-refractivity contribution >= 4 is 22.6 Å². The fourth-order valence-corrected chi connectivity index (χ4v) is 2.65. The van der Waals surface area contributed by atoms with E-state index in [1.807, 2.05) is 30.3 Å². The summed E-state index contributed by atoms with van der Waals surface area (Å²) in [5.74, 6) is 0.0956. The number of aryl methyl sites for hydroxylation is 1. The van der Waals surface area contributed by atoms with Crippen LogP contribution in [0.15, 0.2) is 52.9 Å². The molecule has 3 rings (SSSR count). The third-order valence-corrected chi connectivity index (χ3v) is 3.88. The van der Waals surface area contributed by atoms with Gasteiger partial charge in [-0.25, -0.2) is 0 Å². The van der Waals surface area contributed by atoms with Crippen molar-refractivity contribution in [3.63, 3.8) is 0 Å². The van der Waals surface area contributed by atoms with Gasteiger partial charge in [-0.05, 0) is 32.0 Å². The van der Waals surface area contributed by atoms with Crippen molar-refractivity contribution in [1.82, 2.24) is 5.32 Å². The predicted molar refractivity (Wildman–Crippen MR) is 89.9 cm³/mol. The van der Waals surface area contributed by atoms with E-state index in [0.29, 0.717) is 11.3 Å². The van der Waals surface area contributed by atoms with E-state index >= 15 is 0 Å². The predicted octanol–water partition coefficient (Wildman–Crippen LogP) is 4.14. The molecule has 1 amide bonds. The number of carbonyl (C=O) groups is 1. The number of hydrogen-bond donors (Lipinski definition) is 1. The van der Waals surface area contributed by atoms with Gasteiger partial charge in [0.05, 0.1) is 11.0 Å². The largest absolute Gasteiger partial charge is 0.459 e. The zero-order valence-electron chi connectivity index (χ0n) is 13.3. The monoisotopic (exact) mass is 324 g/mol. The summed E-state index contributed by atoms with van der Waals surface area (Å²) in [6, 6.07) is 13.7. The molecule has 24 heavy (non-hydrogen) atoms. The Balaban J connectivity index is 1.87. The van der Waals surface area contributed by atoms with Crippen molar-refractivity contribution in [1.29, 1.82) is 0 Å². The lowest BCUT2D eigenvalue weighted by atomic mass is 10.1. The molecule has 1 heterocycles. The van der Waals surface area contributed by atoms with Gasteiger partial charge in [0.15, 0.2) is 0 Å². The summed E-state index contributed by atoms with van der Waals surface area (Å²) in [6.07, 6.45) is 0. The van der Waals surface area contributed by atoms with Gasteiger partial charge in [0, 0.05) is 10.9 Å². The van der Waals surface area contributed by atoms with Gasteiger partial charge in [-0.1, -0.05) is 30.3 Å². The Kier molecular flexibility index (Phi) is 4.04. The molecule has 0 aliphatic carbocycles. The molecular weight excluding hydrogens is 308 g/mol. The number of fused-ring (bicyclic) bond motifs is 1. The number of amides is 1. The van der Waals surface area contributed by atoms with Crippen LogP contribution in [0.2, 0.25) is 0 Å². The molecule has 0 saturated carbocycles. The lowest BCUT2D eigenvalue weighted by Gasteiger charge is -2.12. The van der Waals surface area contributed by atoms with Crippen LogP contribution >= 0.6 is 0 Å². The molecule has 6 nitrogen and oxygen atoms in total. The SMILES string of the molecule is Cc1cccc(C(=O)N[C@@H](C)c2cc3ccccc3o2)c1[N+](=O)[O-]. The van der Waals surface area contributed by atoms with Gasteiger partial charge in [0.25, 0.3) is 11.6 Å². The van der Waals surface area contributed by atoms with Gasteiger partial charge in [-0.2, -0.15) is 0 Å². The summed E-state index contributed by atoms with van der Waals surface area (Å²) in [6.45, 7) is 3.38. The average Bonchev–Trinajstić information content (AvgIpc) is 2.98. The number of rotatable bonds is 4. The van der Waals surface area contributed by atoms with Gasteiger partial charge in [-0.15, -0.1) is 0 Å². The molecule has 3 aromatic rings. The number of nitro groups is 1. The van der Waals surface area contributed by atoms with Crippen LogP contribution in [0.4, 0.5) is 5.69 Å². The molecule has 0 aliphatic heterocycles. The van der Waals surface area contributed by atoms with Crippen LogP contribution in [0.25, 0.3) is 11.0 Å². The number of nitrogens with one attached hydrogen (secondary N) is 1. The number of nitrogens with zero attached hydrogens (tertiary/aromatic N) is 1. The first-order chi connectivity index (χ1) is 11.5. The minimum Gasteiger partial charge on any atom is -0.459 e. The first-order valence-electron chi connectivity index (χ1n) is 7.50. The molecule has 1 aromatic heterocycles. The molecule has 0 aliphatic rings. The van der Waals surface area contributed by atoms with Crippen LogP contribution in [0.5, 0.6) is 0 Å².